The Morgan fingerprint density at radius 1 is 1.30 bits per heavy atom. The van der Waals surface area contributed by atoms with Crippen LogP contribution in [0.4, 0.5) is 0 Å². The zero-order valence-corrected chi connectivity index (χ0v) is 11.8. The van der Waals surface area contributed by atoms with Crippen LogP contribution in [-0.4, -0.2) is 10.9 Å². The molecule has 1 aliphatic carbocycles. The summed E-state index contributed by atoms with van der Waals surface area (Å²) in [5, 5.41) is 13.0. The summed E-state index contributed by atoms with van der Waals surface area (Å²) in [4.78, 5) is 12.4. The molecule has 20 heavy (non-hydrogen) atoms. The van der Waals surface area contributed by atoms with Crippen LogP contribution in [0.25, 0.3) is 0 Å². The molecule has 0 fully saturated rings. The van der Waals surface area contributed by atoms with Gasteiger partial charge in [0.2, 0.25) is 0 Å². The third-order valence-corrected chi connectivity index (χ3v) is 4.02. The van der Waals surface area contributed by atoms with Crippen molar-refractivity contribution in [3.8, 4) is 5.75 Å². The molecule has 1 heterocycles. The van der Waals surface area contributed by atoms with Crippen LogP contribution < -0.4 is 5.32 Å². The Morgan fingerprint density at radius 2 is 2.10 bits per heavy atom. The fourth-order valence-corrected chi connectivity index (χ4v) is 3.20. The maximum atomic E-state index is 12.4. The number of carbonyl (C=O) groups excluding carboxylic acids is 1. The molecule has 2 aliphatic rings. The molecule has 1 aromatic carbocycles. The van der Waals surface area contributed by atoms with Crippen LogP contribution >= 0.6 is 0 Å². The van der Waals surface area contributed by atoms with E-state index in [9.17, 15) is 9.90 Å². The summed E-state index contributed by atoms with van der Waals surface area (Å²) in [7, 11) is 0. The largest absolute Gasteiger partial charge is 0.508 e. The molecule has 3 nitrogen and oxygen atoms in total. The molecule has 0 bridgehead atoms. The lowest BCUT2D eigenvalue weighted by Gasteiger charge is -2.32. The van der Waals surface area contributed by atoms with Crippen LogP contribution in [0.3, 0.4) is 0 Å². The molecule has 0 saturated carbocycles. The van der Waals surface area contributed by atoms with Gasteiger partial charge in [-0.25, -0.2) is 0 Å². The molecule has 3 heteroatoms. The number of phenolic OH excluding ortho intramolecular Hbond substituents is 1. The van der Waals surface area contributed by atoms with Gasteiger partial charge < -0.3 is 10.4 Å². The normalized spacial score (nSPS) is 25.9. The third kappa shape index (κ3) is 2.24. The van der Waals surface area contributed by atoms with Crippen LogP contribution in [0, 0.1) is 5.92 Å². The summed E-state index contributed by atoms with van der Waals surface area (Å²) in [6, 6.07) is 7.19. The topological polar surface area (TPSA) is 49.3 Å². The molecule has 104 valence electrons. The Bertz CT molecular complexity index is 628. The van der Waals surface area contributed by atoms with Gasteiger partial charge >= 0.3 is 0 Å². The van der Waals surface area contributed by atoms with Crippen molar-refractivity contribution in [2.45, 2.75) is 32.6 Å². The molecular weight excluding hydrogens is 250 g/mol. The Hall–Kier alpha value is -2.03. The van der Waals surface area contributed by atoms with E-state index < -0.39 is 0 Å². The second-order valence-corrected chi connectivity index (χ2v) is 5.88. The number of ketones is 1. The Balaban J connectivity index is 2.08. The first kappa shape index (κ1) is 13.0. The number of benzene rings is 1. The summed E-state index contributed by atoms with van der Waals surface area (Å²) in [5.74, 6) is 0.817. The fraction of sp³-hybridized carbons (Fsp3) is 0.353. The van der Waals surface area contributed by atoms with E-state index in [4.69, 9.17) is 0 Å². The number of hydrogen-bond acceptors (Lipinski definition) is 3. The number of allylic oxidation sites excluding steroid dienone is 4. The highest BCUT2D eigenvalue weighted by Gasteiger charge is 2.33. The first-order valence-electron chi connectivity index (χ1n) is 7.05. The highest BCUT2D eigenvalue weighted by molar-refractivity contribution is 5.99. The quantitative estimate of drug-likeness (QED) is 0.823. The molecule has 0 radical (unpaired) electrons. The molecule has 2 atom stereocenters. The van der Waals surface area contributed by atoms with E-state index in [2.05, 4.69) is 18.3 Å². The summed E-state index contributed by atoms with van der Waals surface area (Å²) in [6.07, 6.45) is 3.60. The lowest BCUT2D eigenvalue weighted by molar-refractivity contribution is -0.117. The first-order valence-corrected chi connectivity index (χ1v) is 7.05. The van der Waals surface area contributed by atoms with Crippen LogP contribution in [0.2, 0.25) is 0 Å². The molecule has 0 saturated heterocycles. The smallest absolute Gasteiger partial charge is 0.161 e. The Kier molecular flexibility index (Phi) is 3.13. The van der Waals surface area contributed by atoms with Gasteiger partial charge in [-0.2, -0.15) is 0 Å². The van der Waals surface area contributed by atoms with E-state index in [1.807, 2.05) is 19.1 Å². The van der Waals surface area contributed by atoms with Gasteiger partial charge in [-0.3, -0.25) is 4.79 Å². The maximum absolute atomic E-state index is 12.4. The van der Waals surface area contributed by atoms with Crippen molar-refractivity contribution >= 4 is 5.78 Å². The van der Waals surface area contributed by atoms with Gasteiger partial charge in [-0.15, -0.1) is 0 Å². The lowest BCUT2D eigenvalue weighted by Crippen LogP contribution is -2.31. The molecule has 0 spiro atoms. The van der Waals surface area contributed by atoms with Gasteiger partial charge in [0.25, 0.3) is 0 Å². The van der Waals surface area contributed by atoms with E-state index in [1.54, 1.807) is 12.1 Å². The molecule has 0 amide bonds. The van der Waals surface area contributed by atoms with Crippen molar-refractivity contribution < 1.29 is 9.90 Å². The number of aromatic hydroxyl groups is 1. The average molecular weight is 269 g/mol. The van der Waals surface area contributed by atoms with Crippen LogP contribution in [0.5, 0.6) is 5.75 Å². The van der Waals surface area contributed by atoms with Crippen molar-refractivity contribution in [1.82, 2.24) is 5.32 Å². The standard InChI is InChI=1S/C17H19NO2/c1-10-6-15-17(16(20)7-10)14(8-11(2)18-15)12-4-3-5-13(19)9-12/h3-5,8-10,14,18-19H,6-7H2,1-2H3. The van der Waals surface area contributed by atoms with Crippen molar-refractivity contribution in [2.75, 3.05) is 0 Å². The summed E-state index contributed by atoms with van der Waals surface area (Å²) >= 11 is 0. The molecule has 2 N–H and O–H groups in total. The number of carbonyl (C=O) groups is 1. The van der Waals surface area contributed by atoms with Gasteiger partial charge in [0.15, 0.2) is 5.78 Å². The van der Waals surface area contributed by atoms with E-state index in [0.717, 1.165) is 29.0 Å². The predicted octanol–water partition coefficient (Wildman–Crippen LogP) is 3.24. The molecular formula is C17H19NO2. The molecule has 1 aliphatic heterocycles. The van der Waals surface area contributed by atoms with Crippen LogP contribution in [-0.2, 0) is 4.79 Å². The number of phenols is 1. The average Bonchev–Trinajstić information content (AvgIpc) is 2.36. The van der Waals surface area contributed by atoms with Gasteiger partial charge in [0.05, 0.1) is 0 Å². The van der Waals surface area contributed by atoms with Gasteiger partial charge in [-0.05, 0) is 37.0 Å². The minimum absolute atomic E-state index is 0.0432. The zero-order valence-electron chi connectivity index (χ0n) is 11.8. The number of dihydropyridines is 1. The van der Waals surface area contributed by atoms with Crippen molar-refractivity contribution in [3.63, 3.8) is 0 Å². The van der Waals surface area contributed by atoms with E-state index in [0.29, 0.717) is 12.3 Å². The second-order valence-electron chi connectivity index (χ2n) is 5.88. The monoisotopic (exact) mass is 269 g/mol. The predicted molar refractivity (Wildman–Crippen MR) is 78.2 cm³/mol. The van der Waals surface area contributed by atoms with E-state index >= 15 is 0 Å². The number of rotatable bonds is 1. The molecule has 1 aromatic rings. The SMILES string of the molecule is CC1=CC(c2cccc(O)c2)C2=C(CC(C)CC2=O)N1. The third-order valence-electron chi connectivity index (χ3n) is 4.02. The van der Waals surface area contributed by atoms with Gasteiger partial charge in [0.1, 0.15) is 5.75 Å². The van der Waals surface area contributed by atoms with Crippen LogP contribution in [0.1, 0.15) is 38.2 Å². The minimum atomic E-state index is -0.0432. The van der Waals surface area contributed by atoms with E-state index in [1.165, 1.54) is 0 Å². The summed E-state index contributed by atoms with van der Waals surface area (Å²) in [5.41, 5.74) is 3.97. The van der Waals surface area contributed by atoms with Gasteiger partial charge in [0, 0.05) is 29.3 Å². The maximum Gasteiger partial charge on any atom is 0.161 e. The molecule has 3 rings (SSSR count). The van der Waals surface area contributed by atoms with Crippen molar-refractivity contribution in [3.05, 3.63) is 52.9 Å². The summed E-state index contributed by atoms with van der Waals surface area (Å²) in [6.45, 7) is 4.13. The molecule has 0 aromatic heterocycles. The Labute approximate surface area is 119 Å². The zero-order chi connectivity index (χ0) is 14.3. The first-order chi connectivity index (χ1) is 9.54. The highest BCUT2D eigenvalue weighted by atomic mass is 16.3. The number of nitrogens with one attached hydrogen (secondary N) is 1. The minimum Gasteiger partial charge on any atom is -0.508 e. The number of Topliss-reactive ketones (excluding diaryl/α,β-unsaturated/α-hetero) is 1. The Morgan fingerprint density at radius 3 is 2.85 bits per heavy atom. The lowest BCUT2D eigenvalue weighted by atomic mass is 9.77. The second kappa shape index (κ2) is 4.82. The van der Waals surface area contributed by atoms with E-state index in [-0.39, 0.29) is 17.5 Å². The van der Waals surface area contributed by atoms with Gasteiger partial charge in [-0.1, -0.05) is 25.1 Å². The summed E-state index contributed by atoms with van der Waals surface area (Å²) < 4.78 is 0. The van der Waals surface area contributed by atoms with Crippen LogP contribution in [0.15, 0.2) is 47.3 Å². The van der Waals surface area contributed by atoms with Crippen molar-refractivity contribution in [1.29, 1.82) is 0 Å². The molecule has 2 unspecified atom stereocenters. The van der Waals surface area contributed by atoms with Crippen molar-refractivity contribution in [2.24, 2.45) is 5.92 Å². The fourth-order valence-electron chi connectivity index (χ4n) is 3.20. The highest BCUT2D eigenvalue weighted by Crippen LogP contribution is 2.39. The number of hydrogen-bond donors (Lipinski definition) is 2.